The molecule has 2 rings (SSSR count). The average molecular weight is 294 g/mol. The molecule has 2 aromatic rings. The summed E-state index contributed by atoms with van der Waals surface area (Å²) in [6.45, 7) is 2.16. The molecule has 0 atom stereocenters. The van der Waals surface area contributed by atoms with E-state index < -0.39 is 0 Å². The molecule has 0 radical (unpaired) electrons. The van der Waals surface area contributed by atoms with Gasteiger partial charge in [-0.25, -0.2) is 0 Å². The van der Waals surface area contributed by atoms with Gasteiger partial charge in [0, 0.05) is 27.8 Å². The van der Waals surface area contributed by atoms with Crippen molar-refractivity contribution in [2.75, 3.05) is 5.32 Å². The minimum Gasteiger partial charge on any atom is -0.381 e. The van der Waals surface area contributed by atoms with Gasteiger partial charge in [-0.05, 0) is 48.9 Å². The van der Waals surface area contributed by atoms with E-state index in [1.54, 1.807) is 25.1 Å². The maximum atomic E-state index is 11.2. The third-order valence-electron chi connectivity index (χ3n) is 2.79. The van der Waals surface area contributed by atoms with Gasteiger partial charge in [0.05, 0.1) is 0 Å². The molecule has 0 aliphatic rings. The van der Waals surface area contributed by atoms with E-state index in [4.69, 9.17) is 23.2 Å². The molecule has 2 aromatic carbocycles. The summed E-state index contributed by atoms with van der Waals surface area (Å²) in [6.07, 6.45) is 0. The van der Waals surface area contributed by atoms with Gasteiger partial charge in [0.2, 0.25) is 0 Å². The first-order chi connectivity index (χ1) is 9.06. The highest BCUT2D eigenvalue weighted by molar-refractivity contribution is 6.35. The number of hydrogen-bond donors (Lipinski definition) is 1. The molecule has 0 bridgehead atoms. The summed E-state index contributed by atoms with van der Waals surface area (Å²) in [5.74, 6) is 0.0623. The van der Waals surface area contributed by atoms with Gasteiger partial charge in [0.25, 0.3) is 0 Å². The Morgan fingerprint density at radius 1 is 1.11 bits per heavy atom. The minimum atomic E-state index is 0.0623. The monoisotopic (exact) mass is 293 g/mol. The Balaban J connectivity index is 2.04. The number of rotatable bonds is 4. The summed E-state index contributed by atoms with van der Waals surface area (Å²) in [4.78, 5) is 11.2. The molecule has 0 spiro atoms. The number of carbonyl (C=O) groups is 1. The van der Waals surface area contributed by atoms with E-state index >= 15 is 0 Å². The van der Waals surface area contributed by atoms with Crippen molar-refractivity contribution in [2.24, 2.45) is 0 Å². The molecule has 0 aliphatic carbocycles. The number of ketones is 1. The summed E-state index contributed by atoms with van der Waals surface area (Å²) < 4.78 is 0. The third-order valence-corrected chi connectivity index (χ3v) is 3.38. The molecule has 0 fully saturated rings. The van der Waals surface area contributed by atoms with Gasteiger partial charge in [-0.2, -0.15) is 0 Å². The zero-order valence-electron chi connectivity index (χ0n) is 10.4. The SMILES string of the molecule is CC(=O)c1ccc(NCc2ccc(Cl)cc2Cl)cc1. The number of halogens is 2. The molecule has 0 unspecified atom stereocenters. The Morgan fingerprint density at radius 3 is 2.37 bits per heavy atom. The Morgan fingerprint density at radius 2 is 1.79 bits per heavy atom. The lowest BCUT2D eigenvalue weighted by Crippen LogP contribution is -2.00. The molecule has 19 heavy (non-hydrogen) atoms. The van der Waals surface area contributed by atoms with Crippen molar-refractivity contribution >= 4 is 34.7 Å². The van der Waals surface area contributed by atoms with E-state index in [1.807, 2.05) is 24.3 Å². The van der Waals surface area contributed by atoms with Gasteiger partial charge in [-0.15, -0.1) is 0 Å². The highest BCUT2D eigenvalue weighted by Crippen LogP contribution is 2.22. The maximum absolute atomic E-state index is 11.2. The molecule has 0 aliphatic heterocycles. The smallest absolute Gasteiger partial charge is 0.159 e. The number of carbonyl (C=O) groups excluding carboxylic acids is 1. The van der Waals surface area contributed by atoms with Crippen molar-refractivity contribution in [3.05, 3.63) is 63.6 Å². The number of anilines is 1. The van der Waals surface area contributed by atoms with E-state index in [9.17, 15) is 4.79 Å². The van der Waals surface area contributed by atoms with Crippen LogP contribution in [-0.4, -0.2) is 5.78 Å². The fourth-order valence-corrected chi connectivity index (χ4v) is 2.16. The number of benzene rings is 2. The Labute approximate surface area is 122 Å². The van der Waals surface area contributed by atoms with Crippen LogP contribution in [0.1, 0.15) is 22.8 Å². The lowest BCUT2D eigenvalue weighted by Gasteiger charge is -2.08. The molecule has 0 saturated carbocycles. The first-order valence-electron chi connectivity index (χ1n) is 5.85. The standard InChI is InChI=1S/C15H13Cl2NO/c1-10(19)11-3-6-14(7-4-11)18-9-12-2-5-13(16)8-15(12)17/h2-8,18H,9H2,1H3. The van der Waals surface area contributed by atoms with E-state index in [0.29, 0.717) is 22.2 Å². The number of Topliss-reactive ketones (excluding diaryl/α,β-unsaturated/α-hetero) is 1. The van der Waals surface area contributed by atoms with Crippen molar-refractivity contribution in [1.82, 2.24) is 0 Å². The third kappa shape index (κ3) is 3.72. The van der Waals surface area contributed by atoms with Gasteiger partial charge in [0.1, 0.15) is 0 Å². The van der Waals surface area contributed by atoms with E-state index in [0.717, 1.165) is 11.3 Å². The average Bonchev–Trinajstić information content (AvgIpc) is 2.38. The molecule has 1 N–H and O–H groups in total. The molecule has 0 saturated heterocycles. The van der Waals surface area contributed by atoms with Crippen molar-refractivity contribution in [1.29, 1.82) is 0 Å². The van der Waals surface area contributed by atoms with Gasteiger partial charge in [0.15, 0.2) is 5.78 Å². The van der Waals surface area contributed by atoms with Crippen molar-refractivity contribution < 1.29 is 4.79 Å². The van der Waals surface area contributed by atoms with Crippen LogP contribution in [0, 0.1) is 0 Å². The van der Waals surface area contributed by atoms with Crippen LogP contribution >= 0.6 is 23.2 Å². The molecule has 0 aromatic heterocycles. The largest absolute Gasteiger partial charge is 0.381 e. The second-order valence-electron chi connectivity index (χ2n) is 4.22. The highest BCUT2D eigenvalue weighted by atomic mass is 35.5. The van der Waals surface area contributed by atoms with Crippen LogP contribution in [0.15, 0.2) is 42.5 Å². The summed E-state index contributed by atoms with van der Waals surface area (Å²) in [6, 6.07) is 12.8. The fraction of sp³-hybridized carbons (Fsp3) is 0.133. The van der Waals surface area contributed by atoms with Crippen LogP contribution in [0.4, 0.5) is 5.69 Å². The Hall–Kier alpha value is -1.51. The van der Waals surface area contributed by atoms with Crippen molar-refractivity contribution in [2.45, 2.75) is 13.5 Å². The van der Waals surface area contributed by atoms with Crippen LogP contribution in [0.3, 0.4) is 0 Å². The predicted octanol–water partition coefficient (Wildman–Crippen LogP) is 4.81. The highest BCUT2D eigenvalue weighted by Gasteiger charge is 2.02. The molecule has 2 nitrogen and oxygen atoms in total. The predicted molar refractivity (Wildman–Crippen MR) is 80.2 cm³/mol. The van der Waals surface area contributed by atoms with E-state index in [2.05, 4.69) is 5.32 Å². The summed E-state index contributed by atoms with van der Waals surface area (Å²) in [5, 5.41) is 4.51. The topological polar surface area (TPSA) is 29.1 Å². The zero-order valence-corrected chi connectivity index (χ0v) is 11.9. The van der Waals surface area contributed by atoms with Gasteiger partial charge >= 0.3 is 0 Å². The first-order valence-corrected chi connectivity index (χ1v) is 6.60. The lowest BCUT2D eigenvalue weighted by molar-refractivity contribution is 0.101. The van der Waals surface area contributed by atoms with E-state index in [1.165, 1.54) is 0 Å². The summed E-state index contributed by atoms with van der Waals surface area (Å²) >= 11 is 11.9. The molecular formula is C15H13Cl2NO. The van der Waals surface area contributed by atoms with E-state index in [-0.39, 0.29) is 5.78 Å². The molecule has 4 heteroatoms. The molecular weight excluding hydrogens is 281 g/mol. The first kappa shape index (κ1) is 13.9. The summed E-state index contributed by atoms with van der Waals surface area (Å²) in [7, 11) is 0. The van der Waals surface area contributed by atoms with Crippen LogP contribution in [0.2, 0.25) is 10.0 Å². The van der Waals surface area contributed by atoms with Gasteiger partial charge < -0.3 is 5.32 Å². The Bertz CT molecular complexity index is 594. The second-order valence-corrected chi connectivity index (χ2v) is 5.07. The van der Waals surface area contributed by atoms with Crippen LogP contribution < -0.4 is 5.32 Å². The van der Waals surface area contributed by atoms with Crippen molar-refractivity contribution in [3.8, 4) is 0 Å². The van der Waals surface area contributed by atoms with Crippen molar-refractivity contribution in [3.63, 3.8) is 0 Å². The Kier molecular flexibility index (Phi) is 4.46. The second kappa shape index (κ2) is 6.09. The minimum absolute atomic E-state index is 0.0623. The van der Waals surface area contributed by atoms with Crippen LogP contribution in [0.25, 0.3) is 0 Å². The lowest BCUT2D eigenvalue weighted by atomic mass is 10.1. The summed E-state index contributed by atoms with van der Waals surface area (Å²) in [5.41, 5.74) is 2.62. The normalized spacial score (nSPS) is 10.3. The molecule has 98 valence electrons. The maximum Gasteiger partial charge on any atom is 0.159 e. The van der Waals surface area contributed by atoms with Gasteiger partial charge in [-0.3, -0.25) is 4.79 Å². The van der Waals surface area contributed by atoms with Gasteiger partial charge in [-0.1, -0.05) is 29.3 Å². The fourth-order valence-electron chi connectivity index (χ4n) is 1.69. The number of hydrogen-bond acceptors (Lipinski definition) is 2. The quantitative estimate of drug-likeness (QED) is 0.820. The molecule has 0 heterocycles. The number of nitrogens with one attached hydrogen (secondary N) is 1. The molecule has 0 amide bonds. The van der Waals surface area contributed by atoms with Crippen LogP contribution in [0.5, 0.6) is 0 Å². The van der Waals surface area contributed by atoms with Crippen LogP contribution in [-0.2, 0) is 6.54 Å². The zero-order chi connectivity index (χ0) is 13.8.